The monoisotopic (exact) mass is 569 g/mol. The summed E-state index contributed by atoms with van der Waals surface area (Å²) >= 11 is 0. The second-order valence-corrected chi connectivity index (χ2v) is 14.1. The predicted molar refractivity (Wildman–Crippen MR) is 150 cm³/mol. The first-order valence-corrected chi connectivity index (χ1v) is 15.9. The number of rotatable bonds is 7. The van der Waals surface area contributed by atoms with Crippen LogP contribution in [-0.2, 0) is 19.6 Å². The third-order valence-corrected chi connectivity index (χ3v) is 10.4. The van der Waals surface area contributed by atoms with E-state index in [9.17, 15) is 18.3 Å². The van der Waals surface area contributed by atoms with Crippen LogP contribution in [-0.4, -0.2) is 60.9 Å². The van der Waals surface area contributed by atoms with Crippen molar-refractivity contribution in [3.63, 3.8) is 0 Å². The highest BCUT2D eigenvalue weighted by molar-refractivity contribution is 7.90. The molecule has 6 rings (SSSR count). The van der Waals surface area contributed by atoms with Gasteiger partial charge < -0.3 is 19.5 Å². The molecule has 1 spiro atoms. The second kappa shape index (κ2) is 9.99. The van der Waals surface area contributed by atoms with Crippen LogP contribution < -0.4 is 14.4 Å². The molecule has 2 aliphatic heterocycles. The zero-order valence-electron chi connectivity index (χ0n) is 23.3. The number of hydrogen-bond acceptors (Lipinski definition) is 8. The zero-order chi connectivity index (χ0) is 28.2. The van der Waals surface area contributed by atoms with Gasteiger partial charge >= 0.3 is 0 Å². The lowest BCUT2D eigenvalue weighted by Crippen LogP contribution is -2.45. The molecule has 1 aromatic heterocycles. The number of sulfonamides is 1. The second-order valence-electron chi connectivity index (χ2n) is 12.5. The van der Waals surface area contributed by atoms with Crippen LogP contribution in [0.5, 0.6) is 5.75 Å². The van der Waals surface area contributed by atoms with Crippen molar-refractivity contribution in [2.75, 3.05) is 24.6 Å². The summed E-state index contributed by atoms with van der Waals surface area (Å²) in [6.45, 7) is 5.54. The quantitative estimate of drug-likeness (QED) is 0.514. The van der Waals surface area contributed by atoms with Gasteiger partial charge in [-0.25, -0.2) is 9.71 Å². The minimum atomic E-state index is -4.21. The molecule has 1 aromatic carbocycles. The predicted octanol–water partition coefficient (Wildman–Crippen LogP) is 3.97. The molecule has 2 aliphatic carbocycles. The molecule has 9 nitrogen and oxygen atoms in total. The Kier molecular flexibility index (Phi) is 6.86. The molecule has 4 fully saturated rings. The number of aromatic nitrogens is 1. The summed E-state index contributed by atoms with van der Waals surface area (Å²) in [6, 6.07) is 10.8. The van der Waals surface area contributed by atoms with E-state index >= 15 is 0 Å². The number of benzene rings is 1. The molecule has 2 saturated heterocycles. The van der Waals surface area contributed by atoms with Gasteiger partial charge in [0.25, 0.3) is 15.9 Å². The Balaban J connectivity index is 1.15. The Labute approximate surface area is 236 Å². The van der Waals surface area contributed by atoms with E-state index in [4.69, 9.17) is 9.47 Å². The molecule has 216 valence electrons. The number of nitrogens with one attached hydrogen (secondary N) is 1. The summed E-state index contributed by atoms with van der Waals surface area (Å²) in [4.78, 5) is 19.7. The molecule has 2 N–H and O–H groups in total. The Hall–Kier alpha value is -2.69. The molecule has 40 heavy (non-hydrogen) atoms. The van der Waals surface area contributed by atoms with E-state index in [1.807, 2.05) is 24.0 Å². The molecule has 0 bridgehead atoms. The Morgan fingerprint density at radius 2 is 1.85 bits per heavy atom. The van der Waals surface area contributed by atoms with Gasteiger partial charge in [-0.2, -0.15) is 8.42 Å². The van der Waals surface area contributed by atoms with Crippen LogP contribution in [0.3, 0.4) is 0 Å². The van der Waals surface area contributed by atoms with E-state index in [0.717, 1.165) is 36.8 Å². The minimum absolute atomic E-state index is 0.0624. The fraction of sp³-hybridized carbons (Fsp3) is 0.600. The first-order valence-electron chi connectivity index (χ1n) is 14.4. The summed E-state index contributed by atoms with van der Waals surface area (Å²) in [5.74, 6) is 0.639. The largest absolute Gasteiger partial charge is 0.477 e. The highest BCUT2D eigenvalue weighted by Crippen LogP contribution is 2.48. The van der Waals surface area contributed by atoms with Crippen molar-refractivity contribution < 1.29 is 27.8 Å². The van der Waals surface area contributed by atoms with Gasteiger partial charge in [0.1, 0.15) is 11.6 Å². The van der Waals surface area contributed by atoms with Gasteiger partial charge in [-0.1, -0.05) is 18.2 Å². The van der Waals surface area contributed by atoms with Crippen molar-refractivity contribution in [3.05, 3.63) is 47.5 Å². The van der Waals surface area contributed by atoms with Gasteiger partial charge in [-0.05, 0) is 88.1 Å². The summed E-state index contributed by atoms with van der Waals surface area (Å²) < 4.78 is 41.4. The van der Waals surface area contributed by atoms with Crippen LogP contribution >= 0.6 is 0 Å². The van der Waals surface area contributed by atoms with E-state index < -0.39 is 27.1 Å². The van der Waals surface area contributed by atoms with Gasteiger partial charge in [0.2, 0.25) is 0 Å². The standard InChI is InChI=1S/C30H39N3O6S/c1-21-7-8-23(22-9-12-29(38-20-22)10-4-11-29)24(19-21)39-30(13-14-30)27(34)32-40(36,37)26-6-3-5-25(31-26)33-17-15-28(2,35)16-18-33/h3,5-8,19,22,35H,4,9-18,20H2,1-2H3,(H,32,34). The van der Waals surface area contributed by atoms with Gasteiger partial charge in [0.15, 0.2) is 10.6 Å². The Morgan fingerprint density at radius 3 is 2.48 bits per heavy atom. The number of nitrogens with zero attached hydrogens (tertiary/aromatic N) is 2. The van der Waals surface area contributed by atoms with Crippen LogP contribution in [0.4, 0.5) is 5.82 Å². The molecule has 1 amide bonds. The maximum Gasteiger partial charge on any atom is 0.281 e. The number of amides is 1. The van der Waals surface area contributed by atoms with Crippen LogP contribution in [0.15, 0.2) is 41.4 Å². The molecule has 0 radical (unpaired) electrons. The summed E-state index contributed by atoms with van der Waals surface area (Å²) in [7, 11) is -4.21. The van der Waals surface area contributed by atoms with Crippen LogP contribution in [0, 0.1) is 6.92 Å². The van der Waals surface area contributed by atoms with Crippen molar-refractivity contribution in [2.45, 2.75) is 99.4 Å². The first kappa shape index (κ1) is 27.5. The maximum atomic E-state index is 13.4. The lowest BCUT2D eigenvalue weighted by atomic mass is 9.73. The lowest BCUT2D eigenvalue weighted by molar-refractivity contribution is -0.134. The topological polar surface area (TPSA) is 118 Å². The van der Waals surface area contributed by atoms with Gasteiger partial charge in [0.05, 0.1) is 17.8 Å². The molecule has 4 aliphatic rings. The molecular formula is C30H39N3O6S. The minimum Gasteiger partial charge on any atom is -0.477 e. The van der Waals surface area contributed by atoms with E-state index in [1.165, 1.54) is 12.5 Å². The highest BCUT2D eigenvalue weighted by Gasteiger charge is 2.55. The van der Waals surface area contributed by atoms with Crippen LogP contribution in [0.2, 0.25) is 0 Å². The van der Waals surface area contributed by atoms with Crippen LogP contribution in [0.25, 0.3) is 0 Å². The lowest BCUT2D eigenvalue weighted by Gasteiger charge is -2.46. The summed E-state index contributed by atoms with van der Waals surface area (Å²) in [6.07, 6.45) is 7.53. The van der Waals surface area contributed by atoms with Crippen molar-refractivity contribution in [1.29, 1.82) is 0 Å². The fourth-order valence-corrected chi connectivity index (χ4v) is 7.07. The molecule has 1 unspecified atom stereocenters. The Bertz CT molecular complexity index is 1380. The SMILES string of the molecule is Cc1ccc(C2CCC3(CCC3)OC2)c(OC2(C(=O)NS(=O)(=O)c3cccc(N4CCC(C)(O)CC4)n3)CC2)c1. The molecular weight excluding hydrogens is 530 g/mol. The number of aliphatic hydroxyl groups is 1. The number of pyridine rings is 1. The van der Waals surface area contributed by atoms with Crippen LogP contribution in [0.1, 0.15) is 81.8 Å². The van der Waals surface area contributed by atoms with Gasteiger partial charge in [-0.15, -0.1) is 0 Å². The Morgan fingerprint density at radius 1 is 1.10 bits per heavy atom. The molecule has 10 heteroatoms. The number of piperidine rings is 1. The first-order chi connectivity index (χ1) is 19.0. The van der Waals surface area contributed by atoms with Gasteiger partial charge in [0, 0.05) is 31.8 Å². The average Bonchev–Trinajstić information content (AvgIpc) is 3.69. The van der Waals surface area contributed by atoms with Gasteiger partial charge in [-0.3, -0.25) is 4.79 Å². The third-order valence-electron chi connectivity index (χ3n) is 9.21. The molecule has 1 atom stereocenters. The third kappa shape index (κ3) is 5.45. The van der Waals surface area contributed by atoms with E-state index in [1.54, 1.807) is 19.1 Å². The summed E-state index contributed by atoms with van der Waals surface area (Å²) in [5.41, 5.74) is 0.127. The number of carbonyl (C=O) groups excluding carboxylic acids is 1. The smallest absolute Gasteiger partial charge is 0.281 e. The van der Waals surface area contributed by atoms with Crippen molar-refractivity contribution in [1.82, 2.24) is 9.71 Å². The number of ether oxygens (including phenoxy) is 2. The normalized spacial score (nSPS) is 24.7. The van der Waals surface area contributed by atoms with Crippen molar-refractivity contribution in [3.8, 4) is 5.75 Å². The zero-order valence-corrected chi connectivity index (χ0v) is 24.1. The summed E-state index contributed by atoms with van der Waals surface area (Å²) in [5, 5.41) is 10.0. The van der Waals surface area contributed by atoms with Crippen molar-refractivity contribution in [2.24, 2.45) is 0 Å². The average molecular weight is 570 g/mol. The van der Waals surface area contributed by atoms with Crippen molar-refractivity contribution >= 4 is 21.7 Å². The number of aryl methyl sites for hydroxylation is 1. The number of hydrogen-bond donors (Lipinski definition) is 2. The van der Waals surface area contributed by atoms with E-state index in [0.29, 0.717) is 56.9 Å². The van der Waals surface area contributed by atoms with E-state index in [-0.39, 0.29) is 16.5 Å². The highest BCUT2D eigenvalue weighted by atomic mass is 32.2. The maximum absolute atomic E-state index is 13.4. The molecule has 3 heterocycles. The number of anilines is 1. The fourth-order valence-electron chi connectivity index (χ4n) is 6.06. The number of carbonyl (C=O) groups is 1. The van der Waals surface area contributed by atoms with E-state index in [2.05, 4.69) is 15.8 Å². The molecule has 2 saturated carbocycles. The molecule has 2 aromatic rings.